The number of primary amides is 1. The summed E-state index contributed by atoms with van der Waals surface area (Å²) in [7, 11) is 1.49. The topological polar surface area (TPSA) is 85.1 Å². The van der Waals surface area contributed by atoms with Crippen LogP contribution in [0.15, 0.2) is 18.3 Å². The Kier molecular flexibility index (Phi) is 4.58. The van der Waals surface area contributed by atoms with Crippen LogP contribution in [0.1, 0.15) is 20.8 Å². The summed E-state index contributed by atoms with van der Waals surface area (Å²) in [5.41, 5.74) is 5.48. The van der Waals surface area contributed by atoms with E-state index in [1.165, 1.54) is 25.4 Å². The fourth-order valence-corrected chi connectivity index (χ4v) is 0.836. The first-order valence-electron chi connectivity index (χ1n) is 3.63. The fourth-order valence-electron chi connectivity index (χ4n) is 0.836. The molecular formula is C8H10ClN3O2. The quantitative estimate of drug-likeness (QED) is 0.726. The molecular weight excluding hydrogens is 206 g/mol. The first kappa shape index (κ1) is 12.4. The zero-order chi connectivity index (χ0) is 9.84. The summed E-state index contributed by atoms with van der Waals surface area (Å²) in [5, 5.41) is 2.39. The molecule has 1 aromatic rings. The maximum atomic E-state index is 11.1. The molecule has 0 spiro atoms. The third-order valence-electron chi connectivity index (χ3n) is 1.50. The summed E-state index contributed by atoms with van der Waals surface area (Å²) in [6.07, 6.45) is 1.37. The molecule has 0 saturated heterocycles. The molecule has 0 aliphatic rings. The monoisotopic (exact) mass is 215 g/mol. The molecule has 0 aliphatic carbocycles. The number of rotatable bonds is 2. The Hall–Kier alpha value is -1.62. The van der Waals surface area contributed by atoms with Crippen molar-refractivity contribution in [1.29, 1.82) is 0 Å². The number of carbonyl (C=O) groups excluding carboxylic acids is 2. The van der Waals surface area contributed by atoms with Crippen LogP contribution in [-0.4, -0.2) is 23.8 Å². The van der Waals surface area contributed by atoms with E-state index < -0.39 is 5.91 Å². The normalized spacial score (nSPS) is 8.64. The van der Waals surface area contributed by atoms with E-state index in [9.17, 15) is 9.59 Å². The molecule has 5 nitrogen and oxygen atoms in total. The number of aromatic nitrogens is 1. The van der Waals surface area contributed by atoms with E-state index in [-0.39, 0.29) is 29.6 Å². The third kappa shape index (κ3) is 2.70. The van der Waals surface area contributed by atoms with E-state index in [4.69, 9.17) is 5.73 Å². The Morgan fingerprint density at radius 1 is 1.50 bits per heavy atom. The van der Waals surface area contributed by atoms with Gasteiger partial charge >= 0.3 is 0 Å². The zero-order valence-corrected chi connectivity index (χ0v) is 8.30. The summed E-state index contributed by atoms with van der Waals surface area (Å²) in [6, 6.07) is 2.80. The van der Waals surface area contributed by atoms with Crippen molar-refractivity contribution in [3.8, 4) is 0 Å². The van der Waals surface area contributed by atoms with Crippen LogP contribution in [-0.2, 0) is 0 Å². The van der Waals surface area contributed by atoms with Crippen molar-refractivity contribution >= 4 is 24.2 Å². The Bertz CT molecular complexity index is 354. The van der Waals surface area contributed by atoms with Gasteiger partial charge in [0.1, 0.15) is 5.69 Å². The van der Waals surface area contributed by atoms with Crippen LogP contribution in [0.2, 0.25) is 0 Å². The molecule has 0 radical (unpaired) electrons. The molecule has 0 atom stereocenters. The Labute approximate surface area is 87.1 Å². The SMILES string of the molecule is CNC(=O)c1cc(C(N)=O)ccn1.Cl. The van der Waals surface area contributed by atoms with E-state index in [1.807, 2.05) is 0 Å². The number of hydrogen-bond donors (Lipinski definition) is 2. The van der Waals surface area contributed by atoms with Crippen LogP contribution in [0.4, 0.5) is 0 Å². The molecule has 0 unspecified atom stereocenters. The summed E-state index contributed by atoms with van der Waals surface area (Å²) in [6.45, 7) is 0. The van der Waals surface area contributed by atoms with Gasteiger partial charge in [-0.05, 0) is 12.1 Å². The number of carbonyl (C=O) groups is 2. The van der Waals surface area contributed by atoms with Crippen molar-refractivity contribution in [3.63, 3.8) is 0 Å². The predicted molar refractivity (Wildman–Crippen MR) is 53.4 cm³/mol. The van der Waals surface area contributed by atoms with Crippen LogP contribution in [0.25, 0.3) is 0 Å². The molecule has 0 aliphatic heterocycles. The van der Waals surface area contributed by atoms with Gasteiger partial charge in [-0.3, -0.25) is 14.6 Å². The van der Waals surface area contributed by atoms with E-state index >= 15 is 0 Å². The van der Waals surface area contributed by atoms with Gasteiger partial charge in [-0.2, -0.15) is 0 Å². The lowest BCUT2D eigenvalue weighted by atomic mass is 10.2. The number of pyridine rings is 1. The molecule has 76 valence electrons. The predicted octanol–water partition coefficient (Wildman–Crippen LogP) is -0.0381. The molecule has 1 rings (SSSR count). The van der Waals surface area contributed by atoms with E-state index in [0.29, 0.717) is 0 Å². The van der Waals surface area contributed by atoms with Crippen LogP contribution >= 0.6 is 12.4 Å². The number of nitrogens with zero attached hydrogens (tertiary/aromatic N) is 1. The van der Waals surface area contributed by atoms with Gasteiger partial charge in [0.25, 0.3) is 5.91 Å². The van der Waals surface area contributed by atoms with Crippen molar-refractivity contribution in [2.75, 3.05) is 7.05 Å². The van der Waals surface area contributed by atoms with Crippen molar-refractivity contribution in [2.45, 2.75) is 0 Å². The van der Waals surface area contributed by atoms with Gasteiger partial charge in [-0.15, -0.1) is 12.4 Å². The molecule has 6 heteroatoms. The second-order valence-electron chi connectivity index (χ2n) is 2.37. The first-order chi connectivity index (χ1) is 6.15. The molecule has 0 saturated carbocycles. The summed E-state index contributed by atoms with van der Waals surface area (Å²) >= 11 is 0. The number of amides is 2. The lowest BCUT2D eigenvalue weighted by Gasteiger charge is -1.99. The van der Waals surface area contributed by atoms with Crippen molar-refractivity contribution in [3.05, 3.63) is 29.6 Å². The van der Waals surface area contributed by atoms with Crippen molar-refractivity contribution in [2.24, 2.45) is 5.73 Å². The van der Waals surface area contributed by atoms with Crippen molar-refractivity contribution in [1.82, 2.24) is 10.3 Å². The van der Waals surface area contributed by atoms with E-state index in [1.54, 1.807) is 0 Å². The second-order valence-corrected chi connectivity index (χ2v) is 2.37. The zero-order valence-electron chi connectivity index (χ0n) is 7.48. The molecule has 14 heavy (non-hydrogen) atoms. The van der Waals surface area contributed by atoms with Crippen molar-refractivity contribution < 1.29 is 9.59 Å². The Morgan fingerprint density at radius 2 is 2.14 bits per heavy atom. The van der Waals surface area contributed by atoms with Crippen LogP contribution in [0.3, 0.4) is 0 Å². The molecule has 0 bridgehead atoms. The minimum atomic E-state index is -0.576. The fraction of sp³-hybridized carbons (Fsp3) is 0.125. The average Bonchev–Trinajstić information content (AvgIpc) is 2.17. The summed E-state index contributed by atoms with van der Waals surface area (Å²) < 4.78 is 0. The lowest BCUT2D eigenvalue weighted by Crippen LogP contribution is -2.20. The van der Waals surface area contributed by atoms with Gasteiger partial charge in [0.05, 0.1) is 0 Å². The molecule has 1 aromatic heterocycles. The molecule has 1 heterocycles. The Morgan fingerprint density at radius 3 is 2.64 bits per heavy atom. The highest BCUT2D eigenvalue weighted by molar-refractivity contribution is 5.97. The number of nitrogens with two attached hydrogens (primary N) is 1. The van der Waals surface area contributed by atoms with Gasteiger partial charge in [-0.1, -0.05) is 0 Å². The van der Waals surface area contributed by atoms with Gasteiger partial charge in [0, 0.05) is 18.8 Å². The maximum Gasteiger partial charge on any atom is 0.269 e. The summed E-state index contributed by atoms with van der Waals surface area (Å²) in [5.74, 6) is -0.921. The summed E-state index contributed by atoms with van der Waals surface area (Å²) in [4.78, 5) is 25.6. The van der Waals surface area contributed by atoms with Gasteiger partial charge in [0.2, 0.25) is 5.91 Å². The minimum Gasteiger partial charge on any atom is -0.366 e. The average molecular weight is 216 g/mol. The highest BCUT2D eigenvalue weighted by Crippen LogP contribution is 2.00. The lowest BCUT2D eigenvalue weighted by molar-refractivity contribution is 0.0958. The second kappa shape index (κ2) is 5.18. The van der Waals surface area contributed by atoms with Crippen LogP contribution in [0.5, 0.6) is 0 Å². The van der Waals surface area contributed by atoms with Crippen LogP contribution < -0.4 is 11.1 Å². The first-order valence-corrected chi connectivity index (χ1v) is 3.63. The smallest absolute Gasteiger partial charge is 0.269 e. The standard InChI is InChI=1S/C8H9N3O2.ClH/c1-10-8(13)6-4-5(7(9)12)2-3-11-6;/h2-4H,1H3,(H2,9,12)(H,10,13);1H. The largest absolute Gasteiger partial charge is 0.366 e. The Balaban J connectivity index is 0.00000169. The number of nitrogens with one attached hydrogen (secondary N) is 1. The maximum absolute atomic E-state index is 11.1. The number of halogens is 1. The minimum absolute atomic E-state index is 0. The van der Waals surface area contributed by atoms with Gasteiger partial charge in [-0.25, -0.2) is 0 Å². The highest BCUT2D eigenvalue weighted by Gasteiger charge is 2.07. The third-order valence-corrected chi connectivity index (χ3v) is 1.50. The number of hydrogen-bond acceptors (Lipinski definition) is 3. The molecule has 0 aromatic carbocycles. The molecule has 3 N–H and O–H groups in total. The van der Waals surface area contributed by atoms with E-state index in [2.05, 4.69) is 10.3 Å². The highest BCUT2D eigenvalue weighted by atomic mass is 35.5. The van der Waals surface area contributed by atoms with Gasteiger partial charge < -0.3 is 11.1 Å². The molecule has 2 amide bonds. The molecule has 0 fully saturated rings. The van der Waals surface area contributed by atoms with E-state index in [0.717, 1.165) is 0 Å². The van der Waals surface area contributed by atoms with Crippen LogP contribution in [0, 0.1) is 0 Å². The van der Waals surface area contributed by atoms with Gasteiger partial charge in [0.15, 0.2) is 0 Å².